The molecule has 102 valence electrons. The molecule has 0 atom stereocenters. The van der Waals surface area contributed by atoms with Gasteiger partial charge < -0.3 is 5.11 Å². The van der Waals surface area contributed by atoms with E-state index < -0.39 is 15.6 Å². The topological polar surface area (TPSA) is 66.4 Å². The van der Waals surface area contributed by atoms with Crippen molar-refractivity contribution in [2.75, 3.05) is 6.61 Å². The van der Waals surface area contributed by atoms with Crippen LogP contribution < -0.4 is 4.72 Å². The maximum atomic E-state index is 12.1. The van der Waals surface area contributed by atoms with Crippen molar-refractivity contribution in [2.24, 2.45) is 0 Å². The average molecular weight is 271 g/mol. The van der Waals surface area contributed by atoms with Crippen LogP contribution in [-0.2, 0) is 10.0 Å². The van der Waals surface area contributed by atoms with Crippen LogP contribution in [0.5, 0.6) is 0 Å². The van der Waals surface area contributed by atoms with Gasteiger partial charge >= 0.3 is 0 Å². The standard InChI is InChI=1S/C13H21NO3S/c1-10(2)11-5-7-12(8-6-11)18(16,17)14-13(3,4)9-15/h5-8,10,14-15H,9H2,1-4H3. The van der Waals surface area contributed by atoms with Gasteiger partial charge in [-0.3, -0.25) is 0 Å². The van der Waals surface area contributed by atoms with E-state index >= 15 is 0 Å². The SMILES string of the molecule is CC(C)c1ccc(S(=O)(=O)NC(C)(C)CO)cc1. The van der Waals surface area contributed by atoms with Crippen LogP contribution in [0.25, 0.3) is 0 Å². The Morgan fingerprint density at radius 2 is 1.72 bits per heavy atom. The zero-order chi connectivity index (χ0) is 14.0. The molecule has 1 rings (SSSR count). The second-order valence-corrected chi connectivity index (χ2v) is 7.05. The van der Waals surface area contributed by atoms with Crippen molar-refractivity contribution in [3.8, 4) is 0 Å². The number of sulfonamides is 1. The lowest BCUT2D eigenvalue weighted by Gasteiger charge is -2.23. The molecule has 1 aromatic carbocycles. The van der Waals surface area contributed by atoms with Gasteiger partial charge in [-0.05, 0) is 37.5 Å². The average Bonchev–Trinajstić information content (AvgIpc) is 2.28. The summed E-state index contributed by atoms with van der Waals surface area (Å²) in [6.07, 6.45) is 0. The molecule has 0 amide bonds. The lowest BCUT2D eigenvalue weighted by molar-refractivity contribution is 0.208. The lowest BCUT2D eigenvalue weighted by Crippen LogP contribution is -2.46. The molecule has 5 heteroatoms. The summed E-state index contributed by atoms with van der Waals surface area (Å²) in [4.78, 5) is 0.216. The van der Waals surface area contributed by atoms with Gasteiger partial charge in [-0.15, -0.1) is 0 Å². The molecule has 2 N–H and O–H groups in total. The van der Waals surface area contributed by atoms with Gasteiger partial charge in [0.05, 0.1) is 17.0 Å². The zero-order valence-electron chi connectivity index (χ0n) is 11.3. The maximum absolute atomic E-state index is 12.1. The van der Waals surface area contributed by atoms with Gasteiger partial charge in [0.25, 0.3) is 0 Å². The van der Waals surface area contributed by atoms with E-state index in [1.807, 2.05) is 12.1 Å². The second-order valence-electron chi connectivity index (χ2n) is 5.37. The molecule has 0 aliphatic heterocycles. The highest BCUT2D eigenvalue weighted by Crippen LogP contribution is 2.18. The fraction of sp³-hybridized carbons (Fsp3) is 0.538. The molecule has 0 heterocycles. The largest absolute Gasteiger partial charge is 0.394 e. The van der Waals surface area contributed by atoms with Crippen molar-refractivity contribution < 1.29 is 13.5 Å². The van der Waals surface area contributed by atoms with E-state index in [1.54, 1.807) is 26.0 Å². The fourth-order valence-corrected chi connectivity index (χ4v) is 2.89. The number of rotatable bonds is 5. The first-order valence-electron chi connectivity index (χ1n) is 5.93. The minimum absolute atomic E-state index is 0.216. The Morgan fingerprint density at radius 1 is 1.22 bits per heavy atom. The van der Waals surface area contributed by atoms with Crippen molar-refractivity contribution in [3.05, 3.63) is 29.8 Å². The zero-order valence-corrected chi connectivity index (χ0v) is 12.1. The van der Waals surface area contributed by atoms with Crippen LogP contribution in [0.3, 0.4) is 0 Å². The van der Waals surface area contributed by atoms with Crippen molar-refractivity contribution in [2.45, 2.75) is 44.0 Å². The minimum Gasteiger partial charge on any atom is -0.394 e. The molecule has 0 aromatic heterocycles. The monoisotopic (exact) mass is 271 g/mol. The molecule has 18 heavy (non-hydrogen) atoms. The second kappa shape index (κ2) is 5.38. The van der Waals surface area contributed by atoms with Crippen LogP contribution in [0.1, 0.15) is 39.2 Å². The van der Waals surface area contributed by atoms with Gasteiger partial charge in [0.15, 0.2) is 0 Å². The highest BCUT2D eigenvalue weighted by atomic mass is 32.2. The Balaban J connectivity index is 2.99. The van der Waals surface area contributed by atoms with Crippen LogP contribution in [0.2, 0.25) is 0 Å². The summed E-state index contributed by atoms with van der Waals surface area (Å²) < 4.78 is 26.6. The van der Waals surface area contributed by atoms with Crippen LogP contribution in [-0.4, -0.2) is 25.7 Å². The van der Waals surface area contributed by atoms with Crippen LogP contribution in [0.4, 0.5) is 0 Å². The molecule has 0 bridgehead atoms. The van der Waals surface area contributed by atoms with Crippen molar-refractivity contribution >= 4 is 10.0 Å². The summed E-state index contributed by atoms with van der Waals surface area (Å²) in [5, 5.41) is 9.09. The van der Waals surface area contributed by atoms with Gasteiger partial charge in [0.1, 0.15) is 0 Å². The summed E-state index contributed by atoms with van der Waals surface area (Å²) >= 11 is 0. The summed E-state index contributed by atoms with van der Waals surface area (Å²) in [5.74, 6) is 0.364. The highest BCUT2D eigenvalue weighted by molar-refractivity contribution is 7.89. The normalized spacial score (nSPS) is 13.0. The van der Waals surface area contributed by atoms with E-state index in [1.165, 1.54) is 0 Å². The maximum Gasteiger partial charge on any atom is 0.241 e. The molecule has 0 spiro atoms. The van der Waals surface area contributed by atoms with E-state index in [4.69, 9.17) is 5.11 Å². The molecule has 1 aromatic rings. The third-order valence-corrected chi connectivity index (χ3v) is 4.38. The van der Waals surface area contributed by atoms with Crippen LogP contribution in [0, 0.1) is 0 Å². The first kappa shape index (κ1) is 15.1. The van der Waals surface area contributed by atoms with E-state index in [0.29, 0.717) is 5.92 Å². The van der Waals surface area contributed by atoms with Gasteiger partial charge in [-0.2, -0.15) is 0 Å². The Bertz CT molecular complexity index is 489. The van der Waals surface area contributed by atoms with E-state index in [9.17, 15) is 8.42 Å². The number of benzene rings is 1. The quantitative estimate of drug-likeness (QED) is 0.859. The predicted octanol–water partition coefficient (Wildman–Crippen LogP) is 1.86. The fourth-order valence-electron chi connectivity index (χ4n) is 1.49. The molecule has 0 fully saturated rings. The van der Waals surface area contributed by atoms with Gasteiger partial charge in [-0.25, -0.2) is 13.1 Å². The number of nitrogens with one attached hydrogen (secondary N) is 1. The third kappa shape index (κ3) is 3.80. The molecule has 0 saturated carbocycles. The third-order valence-electron chi connectivity index (χ3n) is 2.66. The van der Waals surface area contributed by atoms with Crippen LogP contribution >= 0.6 is 0 Å². The molecule has 4 nitrogen and oxygen atoms in total. The summed E-state index contributed by atoms with van der Waals surface area (Å²) in [6, 6.07) is 6.80. The van der Waals surface area contributed by atoms with E-state index in [2.05, 4.69) is 18.6 Å². The minimum atomic E-state index is -3.58. The first-order valence-corrected chi connectivity index (χ1v) is 7.41. The molecule has 0 radical (unpaired) electrons. The smallest absolute Gasteiger partial charge is 0.241 e. The molecule has 0 aliphatic carbocycles. The first-order chi connectivity index (χ1) is 8.18. The molecule has 0 saturated heterocycles. The Morgan fingerprint density at radius 3 is 2.11 bits per heavy atom. The van der Waals surface area contributed by atoms with Gasteiger partial charge in [0, 0.05) is 0 Å². The lowest BCUT2D eigenvalue weighted by atomic mass is 10.0. The number of hydrogen-bond donors (Lipinski definition) is 2. The summed E-state index contributed by atoms with van der Waals surface area (Å²) in [6.45, 7) is 7.11. The van der Waals surface area contributed by atoms with Crippen LogP contribution in [0.15, 0.2) is 29.2 Å². The van der Waals surface area contributed by atoms with Gasteiger partial charge in [-0.1, -0.05) is 26.0 Å². The molecular formula is C13H21NO3S. The molecule has 0 aliphatic rings. The Kier molecular flexibility index (Phi) is 4.53. The summed E-state index contributed by atoms with van der Waals surface area (Å²) in [7, 11) is -3.58. The number of aliphatic hydroxyl groups excluding tert-OH is 1. The van der Waals surface area contributed by atoms with E-state index in [-0.39, 0.29) is 11.5 Å². The number of hydrogen-bond acceptors (Lipinski definition) is 3. The van der Waals surface area contributed by atoms with Crippen molar-refractivity contribution in [1.29, 1.82) is 0 Å². The Hall–Kier alpha value is -0.910. The molecular weight excluding hydrogens is 250 g/mol. The van der Waals surface area contributed by atoms with Crippen molar-refractivity contribution in [1.82, 2.24) is 4.72 Å². The van der Waals surface area contributed by atoms with E-state index in [0.717, 1.165) is 5.56 Å². The number of aliphatic hydroxyl groups is 1. The highest BCUT2D eigenvalue weighted by Gasteiger charge is 2.25. The van der Waals surface area contributed by atoms with Gasteiger partial charge in [0.2, 0.25) is 10.0 Å². The predicted molar refractivity (Wildman–Crippen MR) is 72.0 cm³/mol. The van der Waals surface area contributed by atoms with Crippen molar-refractivity contribution in [3.63, 3.8) is 0 Å². The summed E-state index contributed by atoms with van der Waals surface area (Å²) in [5.41, 5.74) is 0.227. The Labute approximate surface area is 109 Å². The molecule has 0 unspecified atom stereocenters.